The Labute approximate surface area is 234 Å². The lowest BCUT2D eigenvalue weighted by molar-refractivity contribution is 0.0552. The number of ether oxygens (including phenoxy) is 2. The number of hydrogen-bond acceptors (Lipinski definition) is 8. The molecule has 1 fully saturated rings. The zero-order chi connectivity index (χ0) is 27.8. The van der Waals surface area contributed by atoms with Gasteiger partial charge in [-0.3, -0.25) is 15.3 Å². The summed E-state index contributed by atoms with van der Waals surface area (Å²) in [6.07, 6.45) is 3.03. The highest BCUT2D eigenvalue weighted by Gasteiger charge is 2.31. The number of carbonyl (C=O) groups is 1. The van der Waals surface area contributed by atoms with Crippen LogP contribution in [0.3, 0.4) is 0 Å². The van der Waals surface area contributed by atoms with Crippen LogP contribution in [-0.2, 0) is 9.47 Å². The van der Waals surface area contributed by atoms with Crippen molar-refractivity contribution in [1.29, 1.82) is 0 Å². The van der Waals surface area contributed by atoms with E-state index in [0.717, 1.165) is 65.1 Å². The molecule has 2 aliphatic rings. The van der Waals surface area contributed by atoms with Gasteiger partial charge in [-0.1, -0.05) is 30.3 Å². The van der Waals surface area contributed by atoms with Crippen LogP contribution >= 0.6 is 0 Å². The summed E-state index contributed by atoms with van der Waals surface area (Å²) in [6, 6.07) is 16.6. The third-order valence-electron chi connectivity index (χ3n) is 7.57. The Kier molecular flexibility index (Phi) is 7.03. The number of amides is 1. The molecule has 4 aromatic rings. The number of allylic oxidation sites excluding steroid dienone is 1. The Morgan fingerprint density at radius 2 is 1.95 bits per heavy atom. The fourth-order valence-corrected chi connectivity index (χ4v) is 5.86. The zero-order valence-electron chi connectivity index (χ0n) is 23.3. The first kappa shape index (κ1) is 26.1. The van der Waals surface area contributed by atoms with E-state index in [0.29, 0.717) is 11.7 Å². The van der Waals surface area contributed by atoms with Crippen LogP contribution in [0.2, 0.25) is 0 Å². The van der Waals surface area contributed by atoms with E-state index in [4.69, 9.17) is 19.4 Å². The van der Waals surface area contributed by atoms with Gasteiger partial charge < -0.3 is 19.5 Å². The second-order valence-corrected chi connectivity index (χ2v) is 10.7. The van der Waals surface area contributed by atoms with Crippen molar-refractivity contribution < 1.29 is 15.7 Å². The van der Waals surface area contributed by atoms with E-state index in [9.17, 15) is 4.79 Å². The summed E-state index contributed by atoms with van der Waals surface area (Å²) in [5.74, 6) is 0.769. The number of nitrogens with zero attached hydrogens (tertiary/aromatic N) is 4. The molecule has 1 atom stereocenters. The molecule has 0 unspecified atom stereocenters. The lowest BCUT2D eigenvalue weighted by atomic mass is 9.86. The second kappa shape index (κ2) is 10.8. The number of rotatable bonds is 6. The van der Waals surface area contributed by atoms with Crippen LogP contribution in [0.5, 0.6) is 0 Å². The average Bonchev–Trinajstić information content (AvgIpc) is 3.45. The van der Waals surface area contributed by atoms with Gasteiger partial charge in [0.1, 0.15) is 11.5 Å². The molecule has 0 spiro atoms. The van der Waals surface area contributed by atoms with Gasteiger partial charge in [0.25, 0.3) is 0 Å². The number of fused-ring (bicyclic) bond motifs is 3. The molecule has 2 aliphatic heterocycles. The summed E-state index contributed by atoms with van der Waals surface area (Å²) in [7, 11) is 1.98. The minimum absolute atomic E-state index is 0. The van der Waals surface area contributed by atoms with E-state index in [-0.39, 0.29) is 13.6 Å². The molecule has 10 nitrogen and oxygen atoms in total. The van der Waals surface area contributed by atoms with Gasteiger partial charge in [-0.15, -0.1) is 5.53 Å². The molecule has 3 aromatic heterocycles. The SMILES string of the molecule is CC1=C(c2cnc3c4ccc(NC(=O)OC(C)C)nc4n([C@H](c4ccccc4)C4CCOCC4)c3c2)N(C)NN1.[HH]. The van der Waals surface area contributed by atoms with Crippen LogP contribution in [0, 0.1) is 5.92 Å². The quantitative estimate of drug-likeness (QED) is 0.295. The maximum absolute atomic E-state index is 12.4. The Morgan fingerprint density at radius 3 is 2.65 bits per heavy atom. The summed E-state index contributed by atoms with van der Waals surface area (Å²) in [5, 5.41) is 5.69. The van der Waals surface area contributed by atoms with E-state index in [1.807, 2.05) is 51.2 Å². The molecule has 1 aromatic carbocycles. The molecule has 3 N–H and O–H groups in total. The first-order chi connectivity index (χ1) is 19.4. The maximum Gasteiger partial charge on any atom is 0.413 e. The number of pyridine rings is 2. The van der Waals surface area contributed by atoms with Crippen molar-refractivity contribution >= 4 is 39.7 Å². The highest BCUT2D eigenvalue weighted by molar-refractivity contribution is 6.06. The van der Waals surface area contributed by atoms with Crippen molar-refractivity contribution in [2.75, 3.05) is 25.6 Å². The van der Waals surface area contributed by atoms with Gasteiger partial charge in [-0.2, -0.15) is 0 Å². The molecule has 5 heterocycles. The molecule has 0 radical (unpaired) electrons. The number of nitrogens with one attached hydrogen (secondary N) is 3. The molecule has 1 amide bonds. The fourth-order valence-electron chi connectivity index (χ4n) is 5.86. The highest BCUT2D eigenvalue weighted by Crippen LogP contribution is 2.40. The molecule has 1 saturated heterocycles. The van der Waals surface area contributed by atoms with Crippen molar-refractivity contribution in [1.82, 2.24) is 30.5 Å². The van der Waals surface area contributed by atoms with E-state index in [2.05, 4.69) is 51.2 Å². The fraction of sp³-hybridized carbons (Fsp3) is 0.367. The minimum atomic E-state index is -0.527. The van der Waals surface area contributed by atoms with Crippen LogP contribution in [0.25, 0.3) is 27.8 Å². The molecular weight excluding hydrogens is 506 g/mol. The van der Waals surface area contributed by atoms with E-state index in [1.54, 1.807) is 6.07 Å². The van der Waals surface area contributed by atoms with Crippen LogP contribution in [0.15, 0.2) is 60.4 Å². The second-order valence-electron chi connectivity index (χ2n) is 10.7. The monoisotopic (exact) mass is 543 g/mol. The minimum Gasteiger partial charge on any atom is -0.447 e. The summed E-state index contributed by atoms with van der Waals surface area (Å²) < 4.78 is 13.4. The largest absolute Gasteiger partial charge is 0.447 e. The standard InChI is InChI=1S/C30H35N7O3.H2/c1-18(2)40-30(38)33-25-11-10-23-26-24(16-22(17-31-26)27-19(3)34-35-36(27)4)37(29(23)32-25)28(20-8-6-5-7-9-20)21-12-14-39-15-13-21;/h5-11,16-18,21,28,34-35H,12-15H2,1-4H3,(H,32,33,38);1H/t28-;/m1./s1. The number of hydrogen-bond donors (Lipinski definition) is 3. The first-order valence-electron chi connectivity index (χ1n) is 13.8. The van der Waals surface area contributed by atoms with Crippen molar-refractivity contribution in [3.8, 4) is 0 Å². The Morgan fingerprint density at radius 1 is 1.18 bits per heavy atom. The molecule has 0 saturated carbocycles. The van der Waals surface area contributed by atoms with Gasteiger partial charge in [0.05, 0.1) is 34.6 Å². The Hall–Kier alpha value is -4.15. The van der Waals surface area contributed by atoms with Crippen LogP contribution in [-0.4, -0.2) is 52.0 Å². The first-order valence-corrected chi connectivity index (χ1v) is 13.8. The molecule has 0 bridgehead atoms. The third kappa shape index (κ3) is 4.84. The number of carbonyl (C=O) groups excluding carboxylic acids is 1. The Bertz CT molecular complexity index is 1580. The van der Waals surface area contributed by atoms with Gasteiger partial charge in [0.15, 0.2) is 0 Å². The van der Waals surface area contributed by atoms with Crippen molar-refractivity contribution in [2.24, 2.45) is 5.92 Å². The smallest absolute Gasteiger partial charge is 0.413 e. The molecule has 10 heteroatoms. The number of hydrazine groups is 2. The van der Waals surface area contributed by atoms with Crippen LogP contribution < -0.4 is 16.3 Å². The van der Waals surface area contributed by atoms with Crippen molar-refractivity contribution in [3.05, 3.63) is 71.6 Å². The zero-order valence-corrected chi connectivity index (χ0v) is 23.3. The van der Waals surface area contributed by atoms with Gasteiger partial charge in [-0.05, 0) is 63.3 Å². The van der Waals surface area contributed by atoms with Gasteiger partial charge in [-0.25, -0.2) is 9.78 Å². The van der Waals surface area contributed by atoms with E-state index < -0.39 is 6.09 Å². The molecule has 210 valence electrons. The van der Waals surface area contributed by atoms with E-state index in [1.165, 1.54) is 5.56 Å². The number of aromatic nitrogens is 3. The van der Waals surface area contributed by atoms with E-state index >= 15 is 0 Å². The average molecular weight is 544 g/mol. The van der Waals surface area contributed by atoms with Crippen LogP contribution in [0.1, 0.15) is 52.2 Å². The molecule has 40 heavy (non-hydrogen) atoms. The van der Waals surface area contributed by atoms with Crippen LogP contribution in [0.4, 0.5) is 10.6 Å². The summed E-state index contributed by atoms with van der Waals surface area (Å²) in [4.78, 5) is 22.4. The lowest BCUT2D eigenvalue weighted by Gasteiger charge is -2.32. The maximum atomic E-state index is 12.4. The number of benzene rings is 1. The highest BCUT2D eigenvalue weighted by atomic mass is 16.6. The summed E-state index contributed by atoms with van der Waals surface area (Å²) >= 11 is 0. The number of anilines is 1. The lowest BCUT2D eigenvalue weighted by Crippen LogP contribution is -2.34. The normalized spacial score (nSPS) is 17.1. The molecule has 0 aliphatic carbocycles. The van der Waals surface area contributed by atoms with Gasteiger partial charge in [0.2, 0.25) is 0 Å². The summed E-state index contributed by atoms with van der Waals surface area (Å²) in [6.45, 7) is 7.13. The Balaban J connectivity index is 0.00000337. The predicted octanol–water partition coefficient (Wildman–Crippen LogP) is 5.45. The molecule has 6 rings (SSSR count). The van der Waals surface area contributed by atoms with Gasteiger partial charge in [0, 0.05) is 38.8 Å². The van der Waals surface area contributed by atoms with Crippen molar-refractivity contribution in [3.63, 3.8) is 0 Å². The summed E-state index contributed by atoms with van der Waals surface area (Å²) in [5.41, 5.74) is 13.2. The third-order valence-corrected chi connectivity index (χ3v) is 7.57. The molecular formula is C30H37N7O3. The predicted molar refractivity (Wildman–Crippen MR) is 157 cm³/mol. The van der Waals surface area contributed by atoms with Crippen molar-refractivity contribution in [2.45, 2.75) is 45.8 Å². The van der Waals surface area contributed by atoms with Gasteiger partial charge >= 0.3 is 6.09 Å². The topological polar surface area (TPSA) is 106 Å².